The van der Waals surface area contributed by atoms with E-state index in [-0.39, 0.29) is 23.6 Å². The summed E-state index contributed by atoms with van der Waals surface area (Å²) in [5.74, 6) is -2.06. The van der Waals surface area contributed by atoms with Crippen LogP contribution in [0, 0.1) is 24.2 Å². The molecule has 1 saturated carbocycles. The Labute approximate surface area is 274 Å². The van der Waals surface area contributed by atoms with Gasteiger partial charge in [0.1, 0.15) is 23.5 Å². The SMILES string of the molecule is CCN1C(=O)[C@@H](NC(=O)c2cccc(C(F)(F)F)c2)[C@H](c2cccc(NC(=O)/C(C#N)=C/C3CC3)c2)c2c(C)nn(-c3ccccc3)c21. The van der Waals surface area contributed by atoms with Crippen LogP contribution < -0.4 is 15.5 Å². The van der Waals surface area contributed by atoms with Gasteiger partial charge in [-0.3, -0.25) is 19.3 Å². The molecule has 48 heavy (non-hydrogen) atoms. The van der Waals surface area contributed by atoms with Crippen LogP contribution in [0.15, 0.2) is 90.5 Å². The predicted octanol–water partition coefficient (Wildman–Crippen LogP) is 6.30. The molecular formula is C36H31F3N6O3. The highest BCUT2D eigenvalue weighted by molar-refractivity contribution is 6.07. The van der Waals surface area contributed by atoms with Crippen LogP contribution in [0.2, 0.25) is 0 Å². The van der Waals surface area contributed by atoms with E-state index in [1.54, 1.807) is 48.9 Å². The Hall–Kier alpha value is -5.70. The van der Waals surface area contributed by atoms with Crippen molar-refractivity contribution in [3.8, 4) is 11.8 Å². The first-order valence-electron chi connectivity index (χ1n) is 15.5. The fraction of sp³-hybridized carbons (Fsp3) is 0.250. The summed E-state index contributed by atoms with van der Waals surface area (Å²) >= 11 is 0. The molecule has 1 aliphatic carbocycles. The first-order chi connectivity index (χ1) is 23.0. The number of carbonyl (C=O) groups is 3. The van der Waals surface area contributed by atoms with Crippen LogP contribution in [0.3, 0.4) is 0 Å². The number of halogens is 3. The molecule has 244 valence electrons. The van der Waals surface area contributed by atoms with E-state index in [0.29, 0.717) is 34.0 Å². The van der Waals surface area contributed by atoms with Gasteiger partial charge < -0.3 is 10.6 Å². The standard InChI is InChI=1S/C36H31F3N6O3/c1-3-44-34-29(21(2)43-45(34)28-13-5-4-6-14-28)30(23-9-8-12-27(19-23)41-33(47)25(20-40)17-22-15-16-22)31(35(44)48)42-32(46)24-10-7-11-26(18-24)36(37,38)39/h4-14,17-19,22,30-31H,3,15-16H2,1-2H3,(H,41,47)(H,42,46)/b25-17+/t30-,31+/m1/s1. The van der Waals surface area contributed by atoms with Crippen LogP contribution in [0.5, 0.6) is 0 Å². The van der Waals surface area contributed by atoms with E-state index >= 15 is 0 Å². The lowest BCUT2D eigenvalue weighted by Crippen LogP contribution is -2.55. The number of anilines is 2. The minimum Gasteiger partial charge on any atom is -0.339 e. The molecule has 0 bridgehead atoms. The topological polar surface area (TPSA) is 120 Å². The monoisotopic (exact) mass is 652 g/mol. The average Bonchev–Trinajstić information content (AvgIpc) is 3.84. The molecule has 0 spiro atoms. The van der Waals surface area contributed by atoms with Gasteiger partial charge in [-0.2, -0.15) is 23.5 Å². The third-order valence-electron chi connectivity index (χ3n) is 8.46. The van der Waals surface area contributed by atoms with Crippen molar-refractivity contribution in [2.45, 2.75) is 44.8 Å². The van der Waals surface area contributed by atoms with Crippen LogP contribution in [0.25, 0.3) is 5.69 Å². The molecule has 1 fully saturated rings. The molecule has 3 amide bonds. The second-order valence-corrected chi connectivity index (χ2v) is 11.8. The lowest BCUT2D eigenvalue weighted by atomic mass is 9.81. The van der Waals surface area contributed by atoms with Gasteiger partial charge in [-0.25, -0.2) is 4.68 Å². The summed E-state index contributed by atoms with van der Waals surface area (Å²) < 4.78 is 42.2. The number of benzene rings is 3. The largest absolute Gasteiger partial charge is 0.416 e. The zero-order valence-electron chi connectivity index (χ0n) is 26.1. The minimum atomic E-state index is -4.67. The Morgan fingerprint density at radius 1 is 1.04 bits per heavy atom. The zero-order valence-corrected chi connectivity index (χ0v) is 26.1. The molecule has 1 aromatic heterocycles. The van der Waals surface area contributed by atoms with Crippen LogP contribution in [0.4, 0.5) is 24.7 Å². The van der Waals surface area contributed by atoms with Crippen molar-refractivity contribution in [1.82, 2.24) is 15.1 Å². The third kappa shape index (κ3) is 6.31. The number of likely N-dealkylation sites (N-methyl/N-ethyl adjacent to an activating group) is 1. The highest BCUT2D eigenvalue weighted by Crippen LogP contribution is 2.44. The summed E-state index contributed by atoms with van der Waals surface area (Å²) in [6, 6.07) is 20.7. The maximum atomic E-state index is 14.4. The number of para-hydroxylation sites is 1. The molecule has 2 N–H and O–H groups in total. The van der Waals surface area contributed by atoms with E-state index in [1.807, 2.05) is 36.4 Å². The molecule has 0 unspecified atom stereocenters. The molecule has 9 nitrogen and oxygen atoms in total. The highest BCUT2D eigenvalue weighted by Gasteiger charge is 2.45. The van der Waals surface area contributed by atoms with Gasteiger partial charge in [-0.05, 0) is 80.6 Å². The van der Waals surface area contributed by atoms with Gasteiger partial charge in [0, 0.05) is 29.3 Å². The summed E-state index contributed by atoms with van der Waals surface area (Å²) in [5, 5.41) is 19.9. The Balaban J connectivity index is 1.45. The number of hydrogen-bond acceptors (Lipinski definition) is 5. The highest BCUT2D eigenvalue weighted by atomic mass is 19.4. The van der Waals surface area contributed by atoms with Crippen LogP contribution in [-0.4, -0.2) is 40.1 Å². The van der Waals surface area contributed by atoms with Crippen molar-refractivity contribution in [2.75, 3.05) is 16.8 Å². The quantitative estimate of drug-likeness (QED) is 0.171. The molecule has 3 aromatic carbocycles. The smallest absolute Gasteiger partial charge is 0.339 e. The molecular weight excluding hydrogens is 621 g/mol. The van der Waals surface area contributed by atoms with E-state index in [4.69, 9.17) is 5.10 Å². The number of allylic oxidation sites excluding steroid dienone is 1. The fourth-order valence-corrected chi connectivity index (χ4v) is 6.02. The van der Waals surface area contributed by atoms with Gasteiger partial charge in [-0.1, -0.05) is 42.5 Å². The molecule has 2 heterocycles. The molecule has 2 atom stereocenters. The number of hydrogen-bond donors (Lipinski definition) is 2. The Morgan fingerprint density at radius 2 is 1.77 bits per heavy atom. The molecule has 0 saturated heterocycles. The maximum Gasteiger partial charge on any atom is 0.416 e. The normalized spacial score (nSPS) is 17.8. The van der Waals surface area contributed by atoms with Gasteiger partial charge in [0.15, 0.2) is 0 Å². The number of alkyl halides is 3. The van der Waals surface area contributed by atoms with Gasteiger partial charge in [-0.15, -0.1) is 0 Å². The number of amides is 3. The summed E-state index contributed by atoms with van der Waals surface area (Å²) in [6.45, 7) is 3.78. The Kier molecular flexibility index (Phi) is 8.62. The zero-order chi connectivity index (χ0) is 34.2. The summed E-state index contributed by atoms with van der Waals surface area (Å²) in [7, 11) is 0. The molecule has 0 radical (unpaired) electrons. The van der Waals surface area contributed by atoms with Crippen LogP contribution in [-0.2, 0) is 15.8 Å². The first kappa shape index (κ1) is 32.2. The minimum absolute atomic E-state index is 0.00262. The lowest BCUT2D eigenvalue weighted by Gasteiger charge is -2.38. The first-order valence-corrected chi connectivity index (χ1v) is 15.5. The van der Waals surface area contributed by atoms with Gasteiger partial charge in [0.05, 0.1) is 16.9 Å². The summed E-state index contributed by atoms with van der Waals surface area (Å²) in [4.78, 5) is 42.4. The van der Waals surface area contributed by atoms with E-state index in [0.717, 1.165) is 31.0 Å². The van der Waals surface area contributed by atoms with Gasteiger partial charge >= 0.3 is 6.18 Å². The summed E-state index contributed by atoms with van der Waals surface area (Å²) in [5.41, 5.74) is 1.55. The third-order valence-corrected chi connectivity index (χ3v) is 8.46. The molecule has 6 rings (SSSR count). The fourth-order valence-electron chi connectivity index (χ4n) is 6.02. The number of nitriles is 1. The van der Waals surface area contributed by atoms with E-state index in [9.17, 15) is 32.8 Å². The number of aryl methyl sites for hydroxylation is 1. The van der Waals surface area contributed by atoms with Crippen molar-refractivity contribution in [1.29, 1.82) is 5.26 Å². The lowest BCUT2D eigenvalue weighted by molar-refractivity contribution is -0.137. The van der Waals surface area contributed by atoms with E-state index < -0.39 is 41.4 Å². The number of aromatic nitrogens is 2. The van der Waals surface area contributed by atoms with E-state index in [1.165, 1.54) is 11.0 Å². The number of rotatable bonds is 8. The van der Waals surface area contributed by atoms with Crippen LogP contribution >= 0.6 is 0 Å². The second kappa shape index (κ2) is 12.8. The molecule has 1 aliphatic heterocycles. The second-order valence-electron chi connectivity index (χ2n) is 11.8. The Bertz CT molecular complexity index is 1970. The summed E-state index contributed by atoms with van der Waals surface area (Å²) in [6.07, 6.45) is -1.17. The number of fused-ring (bicyclic) bond motifs is 1. The van der Waals surface area contributed by atoms with Crippen LogP contribution in [0.1, 0.15) is 58.4 Å². The predicted molar refractivity (Wildman–Crippen MR) is 172 cm³/mol. The van der Waals surface area contributed by atoms with Crippen molar-refractivity contribution in [3.05, 3.63) is 118 Å². The number of nitrogens with zero attached hydrogens (tertiary/aromatic N) is 4. The maximum absolute atomic E-state index is 14.4. The van der Waals surface area contributed by atoms with Crippen molar-refractivity contribution in [2.24, 2.45) is 5.92 Å². The van der Waals surface area contributed by atoms with Gasteiger partial charge in [0.25, 0.3) is 17.7 Å². The van der Waals surface area contributed by atoms with Crippen molar-refractivity contribution < 1.29 is 27.6 Å². The average molecular weight is 653 g/mol. The molecule has 2 aliphatic rings. The van der Waals surface area contributed by atoms with E-state index in [2.05, 4.69) is 10.6 Å². The Morgan fingerprint density at radius 3 is 2.44 bits per heavy atom. The number of carbonyl (C=O) groups excluding carboxylic acids is 3. The number of nitrogens with one attached hydrogen (secondary N) is 2. The van der Waals surface area contributed by atoms with Crippen molar-refractivity contribution in [3.63, 3.8) is 0 Å². The van der Waals surface area contributed by atoms with Gasteiger partial charge in [0.2, 0.25) is 0 Å². The van der Waals surface area contributed by atoms with Crippen molar-refractivity contribution >= 4 is 29.2 Å². The molecule has 4 aromatic rings. The molecule has 12 heteroatoms.